The number of aliphatic hydroxyl groups excluding tert-OH is 2. The molecule has 1 saturated heterocycles. The fourth-order valence-electron chi connectivity index (χ4n) is 8.89. The van der Waals surface area contributed by atoms with E-state index in [-0.39, 0.29) is 76.6 Å². The van der Waals surface area contributed by atoms with Crippen molar-refractivity contribution in [2.24, 2.45) is 28.7 Å². The van der Waals surface area contributed by atoms with Crippen LogP contribution in [0.5, 0.6) is 11.5 Å². The number of fused-ring (bicyclic) bond motifs is 13. The fourth-order valence-corrected chi connectivity index (χ4v) is 8.89. The number of phenols is 1. The van der Waals surface area contributed by atoms with E-state index in [2.05, 4.69) is 29.4 Å². The number of Topliss-reactive ketones (excluding diaryl/α,β-unsaturated/α-hetero) is 2. The van der Waals surface area contributed by atoms with Crippen molar-refractivity contribution in [2.45, 2.75) is 117 Å². The number of hydrogen-bond donors (Lipinski definition) is 5. The first-order valence-electron chi connectivity index (χ1n) is 23.0. The first-order valence-corrected chi connectivity index (χ1v) is 23.0. The third-order valence-electron chi connectivity index (χ3n) is 13.1. The van der Waals surface area contributed by atoms with E-state index < -0.39 is 82.7 Å². The number of amides is 1. The molecule has 7 rings (SSSR count). The predicted molar refractivity (Wildman–Crippen MR) is 244 cm³/mol. The molecule has 1 fully saturated rings. The van der Waals surface area contributed by atoms with Gasteiger partial charge in [0.25, 0.3) is 11.7 Å². The number of aliphatic hydroxyl groups is 2. The number of carbonyl (C=O) groups excluding carboxylic acids is 5. The molecule has 66 heavy (non-hydrogen) atoms. The second-order valence-electron chi connectivity index (χ2n) is 19.2. The number of piperidine rings is 1. The van der Waals surface area contributed by atoms with Crippen LogP contribution in [0.2, 0.25) is 0 Å². The Morgan fingerprint density at radius 3 is 2.39 bits per heavy atom. The average molecular weight is 918 g/mol. The van der Waals surface area contributed by atoms with Crippen LogP contribution in [0.4, 0.5) is 0 Å². The first kappa shape index (κ1) is 50.1. The molecule has 5 bridgehead atoms. The standard InChI is InChI=1S/C49H67N5O12/c1-26(2)25-54-19-17-49(18-20-54)51-37-34-35-41(57)30(6)43-36(34)44(59)48(8,66-43)64-22-12-11-16-32(65-47(62)31(7)46(61)63-23-21-53(9)10)24-33(55)29(5)40(56)27(3)14-13-15-28(4)45(60)50-39(42(35)58)38(37)52-49/h12-15,22,26-27,29,31-33,40,52,55-57H,11,16-21,23-25H2,1-10H3,(H,50,60)/b14-13+,22-12+,28-15-/t27?,29-,31?,32+,33?,40-,48?/m0/s1. The van der Waals surface area contributed by atoms with Gasteiger partial charge in [-0.05, 0) is 59.7 Å². The predicted octanol–water partition coefficient (Wildman–Crippen LogP) is 4.22. The summed E-state index contributed by atoms with van der Waals surface area (Å²) < 4.78 is 23.3. The van der Waals surface area contributed by atoms with Gasteiger partial charge in [-0.2, -0.15) is 0 Å². The minimum Gasteiger partial charge on any atom is -0.507 e. The number of carbonyl (C=O) groups is 5. The smallest absolute Gasteiger partial charge is 0.320 e. The molecule has 1 spiro atoms. The highest BCUT2D eigenvalue weighted by molar-refractivity contribution is 6.34. The molecule has 1 aromatic carbocycles. The normalized spacial score (nSPS) is 29.2. The quantitative estimate of drug-likeness (QED) is 0.182. The van der Waals surface area contributed by atoms with E-state index in [1.807, 2.05) is 19.0 Å². The van der Waals surface area contributed by atoms with Gasteiger partial charge < -0.3 is 54.7 Å². The van der Waals surface area contributed by atoms with Gasteiger partial charge in [-0.3, -0.25) is 29.0 Å². The number of benzene rings is 1. The van der Waals surface area contributed by atoms with E-state index in [0.29, 0.717) is 38.4 Å². The molecule has 0 saturated carbocycles. The lowest BCUT2D eigenvalue weighted by Gasteiger charge is -2.38. The van der Waals surface area contributed by atoms with Crippen LogP contribution in [0.15, 0.2) is 52.5 Å². The van der Waals surface area contributed by atoms with Crippen molar-refractivity contribution >= 4 is 35.1 Å². The summed E-state index contributed by atoms with van der Waals surface area (Å²) in [6.45, 7) is 16.5. The minimum atomic E-state index is -1.95. The summed E-state index contributed by atoms with van der Waals surface area (Å²) in [6.07, 6.45) is 6.01. The number of ether oxygens (including phenoxy) is 4. The molecule has 4 unspecified atom stereocenters. The molecule has 17 heteroatoms. The summed E-state index contributed by atoms with van der Waals surface area (Å²) in [5.74, 6) is -7.89. The fraction of sp³-hybridized carbons (Fsp3) is 0.592. The number of allylic oxidation sites excluding steroid dienone is 5. The molecular weight excluding hydrogens is 851 g/mol. The molecule has 1 aliphatic carbocycles. The maximum Gasteiger partial charge on any atom is 0.320 e. The number of likely N-dealkylation sites (tertiary alicyclic amines) is 1. The summed E-state index contributed by atoms with van der Waals surface area (Å²) in [5, 5.41) is 40.8. The van der Waals surface area contributed by atoms with Gasteiger partial charge >= 0.3 is 17.7 Å². The summed E-state index contributed by atoms with van der Waals surface area (Å²) in [4.78, 5) is 78.7. The van der Waals surface area contributed by atoms with Crippen molar-refractivity contribution in [3.63, 3.8) is 0 Å². The Bertz CT molecular complexity index is 2250. The Labute approximate surface area is 386 Å². The van der Waals surface area contributed by atoms with Gasteiger partial charge in [-0.25, -0.2) is 0 Å². The maximum absolute atomic E-state index is 14.7. The van der Waals surface area contributed by atoms with Crippen molar-refractivity contribution in [3.05, 3.63) is 69.8 Å². The second-order valence-corrected chi connectivity index (χ2v) is 19.2. The highest BCUT2D eigenvalue weighted by Crippen LogP contribution is 2.50. The van der Waals surface area contributed by atoms with Crippen LogP contribution in [0.25, 0.3) is 0 Å². The number of hydrogen-bond acceptors (Lipinski definition) is 16. The first-order chi connectivity index (χ1) is 31.1. The zero-order valence-electron chi connectivity index (χ0n) is 39.9. The summed E-state index contributed by atoms with van der Waals surface area (Å²) in [6, 6.07) is 0. The Kier molecular flexibility index (Phi) is 15.4. The molecule has 1 aromatic rings. The maximum atomic E-state index is 14.7. The van der Waals surface area contributed by atoms with Crippen molar-refractivity contribution < 1.29 is 58.2 Å². The van der Waals surface area contributed by atoms with Crippen LogP contribution < -0.4 is 15.4 Å². The van der Waals surface area contributed by atoms with Gasteiger partial charge in [0.05, 0.1) is 41.0 Å². The van der Waals surface area contributed by atoms with E-state index in [0.717, 1.165) is 6.54 Å². The molecule has 5 aliphatic heterocycles. The number of esters is 2. The number of nitrogens with zero attached hydrogens (tertiary/aromatic N) is 3. The molecule has 360 valence electrons. The van der Waals surface area contributed by atoms with E-state index in [1.165, 1.54) is 33.1 Å². The van der Waals surface area contributed by atoms with Crippen LogP contribution in [0.3, 0.4) is 0 Å². The molecule has 5 N–H and O–H groups in total. The van der Waals surface area contributed by atoms with Crippen molar-refractivity contribution in [2.75, 3.05) is 46.9 Å². The molecule has 7 atom stereocenters. The summed E-state index contributed by atoms with van der Waals surface area (Å²) >= 11 is 0. The molecule has 6 aliphatic rings. The van der Waals surface area contributed by atoms with E-state index in [1.54, 1.807) is 39.0 Å². The SMILES string of the molecule is C/C1=C/C=C/C(C)[C@H](O)[C@@H](C)C(O)C[C@H](OC(=O)C(C)C(=O)OCCN(C)C)CC/C=C/OC2(C)Oc3c(C)c(O)c4c(c3C2=O)C2=NC3(CCN(CC(C)C)CC3)NC2=C(NC1=O)C4=O. The van der Waals surface area contributed by atoms with Crippen LogP contribution in [-0.4, -0.2) is 137 Å². The van der Waals surface area contributed by atoms with Gasteiger partial charge in [0.2, 0.25) is 5.78 Å². The molecule has 1 amide bonds. The molecule has 0 radical (unpaired) electrons. The molecule has 0 aromatic heterocycles. The Morgan fingerprint density at radius 1 is 1.03 bits per heavy atom. The number of aromatic hydroxyl groups is 1. The topological polar surface area (TPSA) is 226 Å². The Hall–Kier alpha value is -5.36. The van der Waals surface area contributed by atoms with Crippen LogP contribution in [-0.2, 0) is 28.6 Å². The highest BCUT2D eigenvalue weighted by atomic mass is 16.7. The van der Waals surface area contributed by atoms with Gasteiger partial charge in [-0.1, -0.05) is 45.9 Å². The van der Waals surface area contributed by atoms with Gasteiger partial charge in [-0.15, -0.1) is 0 Å². The zero-order chi connectivity index (χ0) is 48.4. The van der Waals surface area contributed by atoms with Crippen LogP contribution >= 0.6 is 0 Å². The lowest BCUT2D eigenvalue weighted by atomic mass is 9.82. The summed E-state index contributed by atoms with van der Waals surface area (Å²) in [5.41, 5.74) is -0.259. The minimum absolute atomic E-state index is 0.0127. The molecule has 17 nitrogen and oxygen atoms in total. The second kappa shape index (κ2) is 20.2. The van der Waals surface area contributed by atoms with Gasteiger partial charge in [0, 0.05) is 80.9 Å². The van der Waals surface area contributed by atoms with E-state index >= 15 is 0 Å². The third-order valence-corrected chi connectivity index (χ3v) is 13.1. The number of aliphatic imine (C=N–C) groups is 1. The summed E-state index contributed by atoms with van der Waals surface area (Å²) in [7, 11) is 3.65. The van der Waals surface area contributed by atoms with E-state index in [4.69, 9.17) is 23.9 Å². The lowest BCUT2D eigenvalue weighted by Crippen LogP contribution is -2.50. The Morgan fingerprint density at radius 2 is 1.73 bits per heavy atom. The monoisotopic (exact) mass is 917 g/mol. The van der Waals surface area contributed by atoms with Gasteiger partial charge in [0.1, 0.15) is 35.6 Å². The number of likely N-dealkylation sites (N-methyl/N-ethyl adjacent to an activating group) is 1. The number of rotatable bonds is 8. The zero-order valence-corrected chi connectivity index (χ0v) is 39.9. The van der Waals surface area contributed by atoms with Crippen molar-refractivity contribution in [1.29, 1.82) is 0 Å². The third kappa shape index (κ3) is 10.4. The number of phenolic OH excluding ortho intramolecular Hbond substituents is 1. The van der Waals surface area contributed by atoms with Crippen LogP contribution in [0, 0.1) is 30.6 Å². The molecular formula is C49H67N5O12. The number of nitrogens with one attached hydrogen (secondary N) is 2. The average Bonchev–Trinajstić information content (AvgIpc) is 3.76. The number of ketones is 2. The largest absolute Gasteiger partial charge is 0.507 e. The van der Waals surface area contributed by atoms with Gasteiger partial charge in [0.15, 0.2) is 5.92 Å². The van der Waals surface area contributed by atoms with Crippen LogP contribution in [0.1, 0.15) is 112 Å². The highest BCUT2D eigenvalue weighted by Gasteiger charge is 2.54. The van der Waals surface area contributed by atoms with Crippen molar-refractivity contribution in [3.8, 4) is 11.5 Å². The Balaban J connectivity index is 1.37. The van der Waals surface area contributed by atoms with E-state index in [9.17, 15) is 39.3 Å². The molecule has 5 heterocycles. The lowest BCUT2D eigenvalue weighted by molar-refractivity contribution is -0.166. The van der Waals surface area contributed by atoms with Crippen molar-refractivity contribution in [1.82, 2.24) is 20.4 Å².